The molecule has 0 aliphatic carbocycles. The third kappa shape index (κ3) is 3.61. The van der Waals surface area contributed by atoms with E-state index in [2.05, 4.69) is 17.6 Å². The Morgan fingerprint density at radius 3 is 2.70 bits per heavy atom. The first kappa shape index (κ1) is 16.4. The highest BCUT2D eigenvalue weighted by Crippen LogP contribution is 2.25. The summed E-state index contributed by atoms with van der Waals surface area (Å²) in [7, 11) is 1.88. The molecule has 0 fully saturated rings. The van der Waals surface area contributed by atoms with Gasteiger partial charge in [0.1, 0.15) is 5.75 Å². The van der Waals surface area contributed by atoms with Gasteiger partial charge in [-0.05, 0) is 24.6 Å². The van der Waals surface area contributed by atoms with Crippen molar-refractivity contribution < 1.29 is 4.74 Å². The maximum absolute atomic E-state index is 8.71. The van der Waals surface area contributed by atoms with Crippen LogP contribution < -0.4 is 10.5 Å². The maximum atomic E-state index is 8.71. The molecular formula is C18H20N4O. The monoisotopic (exact) mass is 308 g/mol. The van der Waals surface area contributed by atoms with Crippen LogP contribution in [0.5, 0.6) is 5.75 Å². The summed E-state index contributed by atoms with van der Waals surface area (Å²) in [6.07, 6.45) is 6.08. The van der Waals surface area contributed by atoms with Crippen molar-refractivity contribution >= 4 is 5.96 Å². The van der Waals surface area contributed by atoms with E-state index in [-0.39, 0.29) is 6.04 Å². The van der Waals surface area contributed by atoms with E-state index in [1.807, 2.05) is 55.3 Å². The lowest BCUT2D eigenvalue weighted by Gasteiger charge is -2.32. The standard InChI is InChI=1S/C18H20N4O/c1-4-6-16-15(5-2)17(21-18(20)22(16)3)23-14-9-7-13(8-10-14)11-12-19/h4-10,16H,2,11H2,1,3H3,(H2,20,21)/b6-4-. The van der Waals surface area contributed by atoms with Crippen molar-refractivity contribution in [3.05, 3.63) is 66.1 Å². The third-order valence-corrected chi connectivity index (χ3v) is 3.58. The fourth-order valence-corrected chi connectivity index (χ4v) is 2.31. The number of nitrogens with zero attached hydrogens (tertiary/aromatic N) is 3. The number of aliphatic imine (C=N–C) groups is 1. The first-order valence-corrected chi connectivity index (χ1v) is 7.30. The Morgan fingerprint density at radius 1 is 1.43 bits per heavy atom. The molecule has 1 aromatic rings. The molecule has 23 heavy (non-hydrogen) atoms. The lowest BCUT2D eigenvalue weighted by molar-refractivity contribution is 0.373. The van der Waals surface area contributed by atoms with E-state index < -0.39 is 0 Å². The van der Waals surface area contributed by atoms with Crippen LogP contribution in [0.15, 0.2) is 65.5 Å². The van der Waals surface area contributed by atoms with Gasteiger partial charge in [-0.1, -0.05) is 36.9 Å². The van der Waals surface area contributed by atoms with Crippen LogP contribution in [0.1, 0.15) is 12.5 Å². The van der Waals surface area contributed by atoms with E-state index in [4.69, 9.17) is 15.7 Å². The van der Waals surface area contributed by atoms with Crippen LogP contribution in [-0.4, -0.2) is 23.9 Å². The fourth-order valence-electron chi connectivity index (χ4n) is 2.31. The zero-order chi connectivity index (χ0) is 16.8. The summed E-state index contributed by atoms with van der Waals surface area (Å²) in [6.45, 7) is 5.81. The number of hydrogen-bond acceptors (Lipinski definition) is 5. The third-order valence-electron chi connectivity index (χ3n) is 3.58. The average Bonchev–Trinajstić information content (AvgIpc) is 2.55. The van der Waals surface area contributed by atoms with Gasteiger partial charge < -0.3 is 15.4 Å². The van der Waals surface area contributed by atoms with Gasteiger partial charge in [0, 0.05) is 12.6 Å². The minimum Gasteiger partial charge on any atom is -0.439 e. The lowest BCUT2D eigenvalue weighted by Crippen LogP contribution is -2.44. The summed E-state index contributed by atoms with van der Waals surface area (Å²) in [5.41, 5.74) is 7.77. The van der Waals surface area contributed by atoms with Crippen LogP contribution in [-0.2, 0) is 6.42 Å². The van der Waals surface area contributed by atoms with Crippen molar-refractivity contribution in [2.45, 2.75) is 19.4 Å². The summed E-state index contributed by atoms with van der Waals surface area (Å²) in [5, 5.41) is 8.71. The van der Waals surface area contributed by atoms with Crippen LogP contribution in [0, 0.1) is 11.3 Å². The van der Waals surface area contributed by atoms with E-state index in [0.29, 0.717) is 24.0 Å². The van der Waals surface area contributed by atoms with Gasteiger partial charge in [-0.15, -0.1) is 0 Å². The highest BCUT2D eigenvalue weighted by molar-refractivity contribution is 5.81. The Morgan fingerprint density at radius 2 is 2.13 bits per heavy atom. The molecule has 2 N–H and O–H groups in total. The Balaban J connectivity index is 2.33. The van der Waals surface area contributed by atoms with Gasteiger partial charge in [-0.25, -0.2) is 0 Å². The van der Waals surface area contributed by atoms with E-state index in [9.17, 15) is 0 Å². The number of guanidine groups is 1. The van der Waals surface area contributed by atoms with Gasteiger partial charge >= 0.3 is 0 Å². The molecule has 5 heteroatoms. The molecule has 1 unspecified atom stereocenters. The molecule has 0 spiro atoms. The van der Waals surface area contributed by atoms with Crippen LogP contribution in [0.4, 0.5) is 0 Å². The van der Waals surface area contributed by atoms with Crippen molar-refractivity contribution in [1.82, 2.24) is 4.90 Å². The number of nitrogens with two attached hydrogens (primary N) is 1. The molecule has 2 rings (SSSR count). The summed E-state index contributed by atoms with van der Waals surface area (Å²) in [6, 6.07) is 9.40. The van der Waals surface area contributed by atoms with E-state index in [0.717, 1.165) is 11.1 Å². The SMILES string of the molecule is C=CC1=C(Oc2ccc(CC#N)cc2)N=C(N)N(C)C1/C=C\C. The second-order valence-electron chi connectivity index (χ2n) is 5.10. The molecule has 1 aliphatic rings. The van der Waals surface area contributed by atoms with E-state index in [1.54, 1.807) is 6.08 Å². The van der Waals surface area contributed by atoms with Crippen molar-refractivity contribution in [2.24, 2.45) is 10.7 Å². The quantitative estimate of drug-likeness (QED) is 0.849. The highest BCUT2D eigenvalue weighted by atomic mass is 16.5. The van der Waals surface area contributed by atoms with Crippen LogP contribution >= 0.6 is 0 Å². The second kappa shape index (κ2) is 7.32. The summed E-state index contributed by atoms with van der Waals surface area (Å²) in [5.74, 6) is 1.46. The number of ether oxygens (including phenoxy) is 1. The Hall–Kier alpha value is -3.00. The van der Waals surface area contributed by atoms with Crippen molar-refractivity contribution in [3.8, 4) is 11.8 Å². The Kier molecular flexibility index (Phi) is 5.21. The number of likely N-dealkylation sites (N-methyl/N-ethyl adjacent to an activating group) is 1. The van der Waals surface area contributed by atoms with Crippen molar-refractivity contribution in [2.75, 3.05) is 7.05 Å². The second-order valence-corrected chi connectivity index (χ2v) is 5.10. The minimum absolute atomic E-state index is 0.0668. The summed E-state index contributed by atoms with van der Waals surface area (Å²) in [4.78, 5) is 6.18. The van der Waals surface area contributed by atoms with Gasteiger partial charge in [0.2, 0.25) is 5.88 Å². The van der Waals surface area contributed by atoms with Crippen LogP contribution in [0.2, 0.25) is 0 Å². The molecule has 0 bridgehead atoms. The average molecular weight is 308 g/mol. The van der Waals surface area contributed by atoms with Gasteiger partial charge in [0.05, 0.1) is 18.5 Å². The predicted molar refractivity (Wildman–Crippen MR) is 91.6 cm³/mol. The highest BCUT2D eigenvalue weighted by Gasteiger charge is 2.26. The van der Waals surface area contributed by atoms with Crippen LogP contribution in [0.25, 0.3) is 0 Å². The number of nitriles is 1. The van der Waals surface area contributed by atoms with Crippen molar-refractivity contribution in [3.63, 3.8) is 0 Å². The molecular weight excluding hydrogens is 288 g/mol. The smallest absolute Gasteiger partial charge is 0.228 e. The molecule has 1 heterocycles. The zero-order valence-corrected chi connectivity index (χ0v) is 13.4. The van der Waals surface area contributed by atoms with E-state index in [1.165, 1.54) is 0 Å². The van der Waals surface area contributed by atoms with Gasteiger partial charge in [0.25, 0.3) is 0 Å². The number of benzene rings is 1. The molecule has 1 aromatic carbocycles. The molecule has 1 aliphatic heterocycles. The van der Waals surface area contributed by atoms with Crippen molar-refractivity contribution in [1.29, 1.82) is 5.26 Å². The molecule has 118 valence electrons. The lowest BCUT2D eigenvalue weighted by atomic mass is 10.0. The molecule has 0 saturated carbocycles. The van der Waals surface area contributed by atoms with Gasteiger partial charge in [-0.2, -0.15) is 10.3 Å². The number of allylic oxidation sites excluding steroid dienone is 1. The number of rotatable bonds is 5. The Labute approximate surface area is 136 Å². The zero-order valence-electron chi connectivity index (χ0n) is 13.4. The largest absolute Gasteiger partial charge is 0.439 e. The molecule has 5 nitrogen and oxygen atoms in total. The normalized spacial score (nSPS) is 17.9. The minimum atomic E-state index is -0.0668. The van der Waals surface area contributed by atoms with Gasteiger partial charge in [0.15, 0.2) is 5.96 Å². The fraction of sp³-hybridized carbons (Fsp3) is 0.222. The van der Waals surface area contributed by atoms with E-state index >= 15 is 0 Å². The molecule has 0 saturated heterocycles. The first-order valence-electron chi connectivity index (χ1n) is 7.30. The predicted octanol–water partition coefficient (Wildman–Crippen LogP) is 2.73. The van der Waals surface area contributed by atoms with Gasteiger partial charge in [-0.3, -0.25) is 0 Å². The van der Waals surface area contributed by atoms with Crippen LogP contribution in [0.3, 0.4) is 0 Å². The molecule has 0 aromatic heterocycles. The summed E-state index contributed by atoms with van der Waals surface area (Å²) < 4.78 is 5.88. The maximum Gasteiger partial charge on any atom is 0.228 e. The Bertz CT molecular complexity index is 708. The topological polar surface area (TPSA) is 74.6 Å². The first-order chi connectivity index (χ1) is 11.1. The molecule has 0 amide bonds. The summed E-state index contributed by atoms with van der Waals surface area (Å²) >= 11 is 0. The number of hydrogen-bond donors (Lipinski definition) is 1. The molecule has 1 atom stereocenters. The molecule has 0 radical (unpaired) electrons.